The number of fused-ring (bicyclic) bond motifs is 1. The molecule has 1 amide bonds. The molecule has 0 atom stereocenters. The highest BCUT2D eigenvalue weighted by Gasteiger charge is 2.38. The van der Waals surface area contributed by atoms with E-state index in [0.717, 1.165) is 42.4 Å². The molecule has 1 saturated carbocycles. The summed E-state index contributed by atoms with van der Waals surface area (Å²) in [7, 11) is 3.94. The Morgan fingerprint density at radius 3 is 2.21 bits per heavy atom. The number of benzene rings is 2. The second-order valence-electron chi connectivity index (χ2n) is 9.04. The minimum Gasteiger partial charge on any atom is -0.506 e. The zero-order valence-corrected chi connectivity index (χ0v) is 22.4. The number of carboxylic acids is 1. The van der Waals surface area contributed by atoms with Crippen molar-refractivity contribution < 1.29 is 33.0 Å². The Labute approximate surface area is 231 Å². The molecular formula is C25H26Cl2F3N5O4. The quantitative estimate of drug-likeness (QED) is 0.308. The van der Waals surface area contributed by atoms with Crippen LogP contribution in [0.5, 0.6) is 5.75 Å². The maximum atomic E-state index is 12.6. The minimum absolute atomic E-state index is 0.00700. The number of carbonyl (C=O) groups excluding carboxylic acids is 1. The number of aliphatic carboxylic acids is 1. The third-order valence-electron chi connectivity index (χ3n) is 5.92. The molecule has 0 unspecified atom stereocenters. The molecule has 14 heteroatoms. The Balaban J connectivity index is 0.000000532. The van der Waals surface area contributed by atoms with Crippen LogP contribution in [0, 0.1) is 0 Å². The van der Waals surface area contributed by atoms with Crippen LogP contribution in [0.4, 0.5) is 24.9 Å². The summed E-state index contributed by atoms with van der Waals surface area (Å²) in [5.41, 5.74) is 0.984. The van der Waals surface area contributed by atoms with Gasteiger partial charge in [0.25, 0.3) is 5.91 Å². The van der Waals surface area contributed by atoms with Gasteiger partial charge in [-0.25, -0.2) is 9.78 Å². The van der Waals surface area contributed by atoms with E-state index in [1.807, 2.05) is 43.3 Å². The van der Waals surface area contributed by atoms with E-state index in [2.05, 4.69) is 15.6 Å². The van der Waals surface area contributed by atoms with Gasteiger partial charge in [-0.05, 0) is 49.9 Å². The Bertz CT molecular complexity index is 1350. The number of aromatic nitrogens is 2. The number of hydrogen-bond acceptors (Lipinski definition) is 7. The van der Waals surface area contributed by atoms with Crippen LogP contribution in [0.25, 0.3) is 10.9 Å². The highest BCUT2D eigenvalue weighted by molar-refractivity contribution is 6.36. The van der Waals surface area contributed by atoms with E-state index in [9.17, 15) is 23.1 Å². The first kappa shape index (κ1) is 30.0. The SMILES string of the molecule is CN(C)c1nc(NC2CCC(NC(=O)c3cc(Cl)cc(Cl)c3O)CC2)nc2ccccc12.O=C(O)C(F)(F)F. The lowest BCUT2D eigenvalue weighted by Crippen LogP contribution is -2.40. The summed E-state index contributed by atoms with van der Waals surface area (Å²) < 4.78 is 31.7. The van der Waals surface area contributed by atoms with Gasteiger partial charge in [0.1, 0.15) is 11.6 Å². The van der Waals surface area contributed by atoms with Crippen LogP contribution in [0.3, 0.4) is 0 Å². The molecule has 2 aromatic carbocycles. The summed E-state index contributed by atoms with van der Waals surface area (Å²) in [6.45, 7) is 0. The first-order chi connectivity index (χ1) is 18.3. The standard InChI is InChI=1S/C23H25Cl2N5O2.C2HF3O2/c1-30(2)21-16-5-3-4-6-19(16)28-23(29-21)27-15-9-7-14(8-10-15)26-22(32)17-11-13(24)12-18(25)20(17)31;3-2(4,5)1(6)7/h3-6,11-12,14-15,31H,7-10H2,1-2H3,(H,26,32)(H,27,28,29);(H,6,7). The van der Waals surface area contributed by atoms with Crippen molar-refractivity contribution >= 4 is 57.7 Å². The molecule has 1 aliphatic rings. The highest BCUT2D eigenvalue weighted by Crippen LogP contribution is 2.32. The number of rotatable bonds is 5. The van der Waals surface area contributed by atoms with Crippen LogP contribution in [-0.2, 0) is 4.79 Å². The molecule has 0 aliphatic heterocycles. The van der Waals surface area contributed by atoms with Crippen molar-refractivity contribution in [1.29, 1.82) is 0 Å². The van der Waals surface area contributed by atoms with Gasteiger partial charge >= 0.3 is 12.1 Å². The lowest BCUT2D eigenvalue weighted by molar-refractivity contribution is -0.192. The second kappa shape index (κ2) is 12.6. The number of phenols is 1. The average molecular weight is 588 g/mol. The Hall–Kier alpha value is -3.51. The maximum Gasteiger partial charge on any atom is 0.490 e. The number of anilines is 2. The maximum absolute atomic E-state index is 12.6. The molecule has 4 rings (SSSR count). The van der Waals surface area contributed by atoms with Gasteiger partial charge in [-0.1, -0.05) is 35.3 Å². The Kier molecular flexibility index (Phi) is 9.68. The summed E-state index contributed by atoms with van der Waals surface area (Å²) in [6, 6.07) is 11.0. The van der Waals surface area contributed by atoms with Gasteiger partial charge < -0.3 is 25.7 Å². The van der Waals surface area contributed by atoms with Crippen molar-refractivity contribution in [2.24, 2.45) is 0 Å². The minimum atomic E-state index is -5.08. The molecule has 1 aliphatic carbocycles. The zero-order valence-electron chi connectivity index (χ0n) is 20.9. The van der Waals surface area contributed by atoms with Crippen molar-refractivity contribution in [2.75, 3.05) is 24.3 Å². The fraction of sp³-hybridized carbons (Fsp3) is 0.360. The van der Waals surface area contributed by atoms with Crippen molar-refractivity contribution in [1.82, 2.24) is 15.3 Å². The van der Waals surface area contributed by atoms with E-state index >= 15 is 0 Å². The number of para-hydroxylation sites is 1. The van der Waals surface area contributed by atoms with Crippen molar-refractivity contribution in [3.8, 4) is 5.75 Å². The topological polar surface area (TPSA) is 128 Å². The molecule has 0 radical (unpaired) electrons. The smallest absolute Gasteiger partial charge is 0.490 e. The predicted molar refractivity (Wildman–Crippen MR) is 143 cm³/mol. The number of halogens is 5. The van der Waals surface area contributed by atoms with Crippen LogP contribution >= 0.6 is 23.2 Å². The van der Waals surface area contributed by atoms with Gasteiger partial charge in [-0.3, -0.25) is 4.79 Å². The molecule has 210 valence electrons. The Morgan fingerprint density at radius 1 is 1.03 bits per heavy atom. The van der Waals surface area contributed by atoms with Crippen LogP contribution in [0.15, 0.2) is 36.4 Å². The van der Waals surface area contributed by atoms with Crippen molar-refractivity contribution in [3.63, 3.8) is 0 Å². The lowest BCUT2D eigenvalue weighted by Gasteiger charge is -2.30. The molecule has 0 spiro atoms. The number of nitrogens with one attached hydrogen (secondary N) is 2. The van der Waals surface area contributed by atoms with Gasteiger partial charge in [-0.2, -0.15) is 18.2 Å². The number of amides is 1. The number of nitrogens with zero attached hydrogens (tertiary/aromatic N) is 3. The first-order valence-corrected chi connectivity index (χ1v) is 12.5. The third-order valence-corrected chi connectivity index (χ3v) is 6.42. The normalized spacial score (nSPS) is 17.1. The summed E-state index contributed by atoms with van der Waals surface area (Å²) in [5.74, 6) is -1.91. The van der Waals surface area contributed by atoms with Gasteiger partial charge in [-0.15, -0.1) is 0 Å². The van der Waals surface area contributed by atoms with E-state index in [1.165, 1.54) is 12.1 Å². The van der Waals surface area contributed by atoms with Crippen LogP contribution in [-0.4, -0.2) is 64.4 Å². The number of alkyl halides is 3. The lowest BCUT2D eigenvalue weighted by atomic mass is 9.91. The van der Waals surface area contributed by atoms with Crippen molar-refractivity contribution in [2.45, 2.75) is 43.9 Å². The van der Waals surface area contributed by atoms with E-state index in [1.54, 1.807) is 0 Å². The molecule has 1 fully saturated rings. The van der Waals surface area contributed by atoms with E-state index in [4.69, 9.17) is 38.1 Å². The van der Waals surface area contributed by atoms with Gasteiger partial charge in [0.15, 0.2) is 0 Å². The van der Waals surface area contributed by atoms with Crippen LogP contribution in [0.1, 0.15) is 36.0 Å². The number of hydrogen-bond donors (Lipinski definition) is 4. The highest BCUT2D eigenvalue weighted by atomic mass is 35.5. The number of carbonyl (C=O) groups is 2. The fourth-order valence-corrected chi connectivity index (χ4v) is 4.53. The van der Waals surface area contributed by atoms with E-state index < -0.39 is 12.1 Å². The van der Waals surface area contributed by atoms with Gasteiger partial charge in [0.2, 0.25) is 5.95 Å². The van der Waals surface area contributed by atoms with Crippen LogP contribution < -0.4 is 15.5 Å². The van der Waals surface area contributed by atoms with E-state index in [0.29, 0.717) is 11.0 Å². The number of phenolic OH excluding ortho intramolecular Hbond substituents is 1. The molecule has 3 aromatic rings. The fourth-order valence-electron chi connectivity index (χ4n) is 4.03. The predicted octanol–water partition coefficient (Wildman–Crippen LogP) is 5.49. The average Bonchev–Trinajstić information content (AvgIpc) is 2.86. The summed E-state index contributed by atoms with van der Waals surface area (Å²) in [5, 5.41) is 25.0. The molecule has 0 bridgehead atoms. The zero-order chi connectivity index (χ0) is 28.9. The molecule has 1 heterocycles. The first-order valence-electron chi connectivity index (χ1n) is 11.8. The number of carboxylic acid groups (broad SMARTS) is 1. The van der Waals surface area contributed by atoms with Gasteiger partial charge in [0.05, 0.1) is 16.1 Å². The Morgan fingerprint density at radius 2 is 1.62 bits per heavy atom. The number of aromatic hydroxyl groups is 1. The van der Waals surface area contributed by atoms with Crippen molar-refractivity contribution in [3.05, 3.63) is 52.0 Å². The van der Waals surface area contributed by atoms with E-state index in [-0.39, 0.29) is 34.3 Å². The molecule has 9 nitrogen and oxygen atoms in total. The van der Waals surface area contributed by atoms with Gasteiger partial charge in [0, 0.05) is 36.6 Å². The molecule has 39 heavy (non-hydrogen) atoms. The third kappa shape index (κ3) is 7.99. The monoisotopic (exact) mass is 587 g/mol. The van der Waals surface area contributed by atoms with Crippen LogP contribution in [0.2, 0.25) is 10.0 Å². The second-order valence-corrected chi connectivity index (χ2v) is 9.88. The molecule has 1 aromatic heterocycles. The summed E-state index contributed by atoms with van der Waals surface area (Å²) >= 11 is 11.9. The summed E-state index contributed by atoms with van der Waals surface area (Å²) in [6.07, 6.45) is -1.76. The molecule has 4 N–H and O–H groups in total. The largest absolute Gasteiger partial charge is 0.506 e. The molecular weight excluding hydrogens is 562 g/mol. The summed E-state index contributed by atoms with van der Waals surface area (Å²) in [4.78, 5) is 32.9. The molecule has 0 saturated heterocycles.